The summed E-state index contributed by atoms with van der Waals surface area (Å²) in [5, 5.41) is 0. The van der Waals surface area contributed by atoms with Gasteiger partial charge < -0.3 is 15.4 Å². The molecule has 2 N–H and O–H groups in total. The van der Waals surface area contributed by atoms with Crippen molar-refractivity contribution in [3.05, 3.63) is 0 Å². The lowest BCUT2D eigenvalue weighted by atomic mass is 10.3. The minimum atomic E-state index is 0.179. The molecular formula is C10H22N2O2. The Morgan fingerprint density at radius 1 is 1.43 bits per heavy atom. The van der Waals surface area contributed by atoms with Crippen molar-refractivity contribution in [2.75, 3.05) is 33.4 Å². The molecule has 4 nitrogen and oxygen atoms in total. The SMILES string of the molecule is CCOCCCC(=O)N(C)CCCN. The Bertz CT molecular complexity index is 151. The van der Waals surface area contributed by atoms with Gasteiger partial charge in [-0.25, -0.2) is 0 Å². The zero-order valence-electron chi connectivity index (χ0n) is 9.29. The molecule has 84 valence electrons. The Balaban J connectivity index is 3.42. The van der Waals surface area contributed by atoms with E-state index in [-0.39, 0.29) is 5.91 Å². The van der Waals surface area contributed by atoms with Crippen LogP contribution in [0.1, 0.15) is 26.2 Å². The average Bonchev–Trinajstić information content (AvgIpc) is 2.20. The summed E-state index contributed by atoms with van der Waals surface area (Å²) >= 11 is 0. The second-order valence-electron chi connectivity index (χ2n) is 3.26. The van der Waals surface area contributed by atoms with E-state index >= 15 is 0 Å². The van der Waals surface area contributed by atoms with Gasteiger partial charge in [-0.2, -0.15) is 0 Å². The molecule has 0 spiro atoms. The van der Waals surface area contributed by atoms with Crippen molar-refractivity contribution >= 4 is 5.91 Å². The van der Waals surface area contributed by atoms with Gasteiger partial charge in [-0.1, -0.05) is 0 Å². The number of ether oxygens (including phenoxy) is 1. The van der Waals surface area contributed by atoms with E-state index in [1.54, 1.807) is 4.90 Å². The predicted octanol–water partition coefficient (Wildman–Crippen LogP) is 0.610. The minimum Gasteiger partial charge on any atom is -0.382 e. The highest BCUT2D eigenvalue weighted by molar-refractivity contribution is 5.75. The number of amides is 1. The van der Waals surface area contributed by atoms with Crippen LogP contribution in [0.5, 0.6) is 0 Å². The first-order chi connectivity index (χ1) is 6.72. The van der Waals surface area contributed by atoms with Gasteiger partial charge in [0.1, 0.15) is 0 Å². The third kappa shape index (κ3) is 6.86. The molecule has 0 heterocycles. The molecule has 1 amide bonds. The second kappa shape index (κ2) is 8.97. The molecule has 0 fully saturated rings. The summed E-state index contributed by atoms with van der Waals surface area (Å²) in [6.45, 7) is 4.74. The fourth-order valence-electron chi connectivity index (χ4n) is 1.11. The van der Waals surface area contributed by atoms with Gasteiger partial charge in [0.05, 0.1) is 0 Å². The summed E-state index contributed by atoms with van der Waals surface area (Å²) in [6, 6.07) is 0. The molecule has 0 aliphatic rings. The zero-order chi connectivity index (χ0) is 10.8. The Kier molecular flexibility index (Phi) is 8.57. The van der Waals surface area contributed by atoms with Crippen LogP contribution in [0.3, 0.4) is 0 Å². The van der Waals surface area contributed by atoms with Crippen LogP contribution in [0.2, 0.25) is 0 Å². The molecule has 4 heteroatoms. The molecule has 0 saturated heterocycles. The number of nitrogens with two attached hydrogens (primary N) is 1. The van der Waals surface area contributed by atoms with Crippen LogP contribution in [0, 0.1) is 0 Å². The van der Waals surface area contributed by atoms with Crippen molar-refractivity contribution in [3.8, 4) is 0 Å². The Morgan fingerprint density at radius 3 is 2.71 bits per heavy atom. The number of carbonyl (C=O) groups is 1. The fourth-order valence-corrected chi connectivity index (χ4v) is 1.11. The molecule has 0 radical (unpaired) electrons. The van der Waals surface area contributed by atoms with Gasteiger partial charge >= 0.3 is 0 Å². The van der Waals surface area contributed by atoms with Gasteiger partial charge in [-0.05, 0) is 26.3 Å². The second-order valence-corrected chi connectivity index (χ2v) is 3.26. The summed E-state index contributed by atoms with van der Waals surface area (Å²) in [7, 11) is 1.82. The molecule has 0 aromatic carbocycles. The highest BCUT2D eigenvalue weighted by Gasteiger charge is 2.06. The number of nitrogens with zero attached hydrogens (tertiary/aromatic N) is 1. The van der Waals surface area contributed by atoms with E-state index in [4.69, 9.17) is 10.5 Å². The molecular weight excluding hydrogens is 180 g/mol. The normalized spacial score (nSPS) is 10.2. The van der Waals surface area contributed by atoms with Gasteiger partial charge in [-0.3, -0.25) is 4.79 Å². The molecule has 0 aromatic rings. The number of hydrogen-bond donors (Lipinski definition) is 1. The molecule has 0 atom stereocenters. The predicted molar refractivity (Wildman–Crippen MR) is 57.0 cm³/mol. The first-order valence-electron chi connectivity index (χ1n) is 5.24. The molecule has 0 aliphatic heterocycles. The maximum absolute atomic E-state index is 11.4. The lowest BCUT2D eigenvalue weighted by Gasteiger charge is -2.16. The highest BCUT2D eigenvalue weighted by atomic mass is 16.5. The smallest absolute Gasteiger partial charge is 0.222 e. The van der Waals surface area contributed by atoms with Crippen LogP contribution < -0.4 is 5.73 Å². The lowest BCUT2D eigenvalue weighted by molar-refractivity contribution is -0.130. The monoisotopic (exact) mass is 202 g/mol. The maximum Gasteiger partial charge on any atom is 0.222 e. The topological polar surface area (TPSA) is 55.6 Å². The van der Waals surface area contributed by atoms with Gasteiger partial charge in [0.15, 0.2) is 0 Å². The first-order valence-corrected chi connectivity index (χ1v) is 5.24. The Morgan fingerprint density at radius 2 is 2.14 bits per heavy atom. The number of carbonyl (C=O) groups excluding carboxylic acids is 1. The molecule has 0 saturated carbocycles. The molecule has 0 aliphatic carbocycles. The summed E-state index contributed by atoms with van der Waals surface area (Å²) in [5.41, 5.74) is 5.36. The molecule has 0 unspecified atom stereocenters. The van der Waals surface area contributed by atoms with Crippen LogP contribution in [0.25, 0.3) is 0 Å². The lowest BCUT2D eigenvalue weighted by Crippen LogP contribution is -2.28. The number of rotatable bonds is 8. The van der Waals surface area contributed by atoms with Gasteiger partial charge in [0.25, 0.3) is 0 Å². The van der Waals surface area contributed by atoms with Crippen LogP contribution in [0.4, 0.5) is 0 Å². The standard InChI is InChI=1S/C10H22N2O2/c1-3-14-9-4-6-10(13)12(2)8-5-7-11/h3-9,11H2,1-2H3. The van der Waals surface area contributed by atoms with Crippen molar-refractivity contribution in [2.45, 2.75) is 26.2 Å². The van der Waals surface area contributed by atoms with Crippen molar-refractivity contribution in [1.82, 2.24) is 4.90 Å². The van der Waals surface area contributed by atoms with E-state index in [1.165, 1.54) is 0 Å². The van der Waals surface area contributed by atoms with Crippen LogP contribution >= 0.6 is 0 Å². The zero-order valence-corrected chi connectivity index (χ0v) is 9.29. The van der Waals surface area contributed by atoms with Crippen molar-refractivity contribution in [2.24, 2.45) is 5.73 Å². The number of hydrogen-bond acceptors (Lipinski definition) is 3. The van der Waals surface area contributed by atoms with Gasteiger partial charge in [0, 0.05) is 33.2 Å². The molecule has 0 bridgehead atoms. The maximum atomic E-state index is 11.4. The van der Waals surface area contributed by atoms with E-state index in [9.17, 15) is 4.79 Å². The first kappa shape index (κ1) is 13.4. The third-order valence-corrected chi connectivity index (χ3v) is 2.01. The van der Waals surface area contributed by atoms with Crippen LogP contribution in [-0.4, -0.2) is 44.2 Å². The van der Waals surface area contributed by atoms with Crippen molar-refractivity contribution in [3.63, 3.8) is 0 Å². The Labute approximate surface area is 86.4 Å². The van der Waals surface area contributed by atoms with Gasteiger partial charge in [-0.15, -0.1) is 0 Å². The van der Waals surface area contributed by atoms with E-state index in [0.717, 1.165) is 26.0 Å². The summed E-state index contributed by atoms with van der Waals surface area (Å²) < 4.78 is 5.15. The highest BCUT2D eigenvalue weighted by Crippen LogP contribution is 1.97. The minimum absolute atomic E-state index is 0.179. The fraction of sp³-hybridized carbons (Fsp3) is 0.900. The average molecular weight is 202 g/mol. The van der Waals surface area contributed by atoms with Crippen LogP contribution in [-0.2, 0) is 9.53 Å². The quantitative estimate of drug-likeness (QED) is 0.587. The molecule has 0 aromatic heterocycles. The van der Waals surface area contributed by atoms with Crippen molar-refractivity contribution < 1.29 is 9.53 Å². The van der Waals surface area contributed by atoms with Crippen molar-refractivity contribution in [1.29, 1.82) is 0 Å². The largest absolute Gasteiger partial charge is 0.382 e. The van der Waals surface area contributed by atoms with E-state index in [1.807, 2.05) is 14.0 Å². The van der Waals surface area contributed by atoms with Gasteiger partial charge in [0.2, 0.25) is 5.91 Å². The molecule has 0 rings (SSSR count). The summed E-state index contributed by atoms with van der Waals surface area (Å²) in [5.74, 6) is 0.179. The van der Waals surface area contributed by atoms with E-state index in [0.29, 0.717) is 19.6 Å². The van der Waals surface area contributed by atoms with E-state index in [2.05, 4.69) is 0 Å². The summed E-state index contributed by atoms with van der Waals surface area (Å²) in [4.78, 5) is 13.2. The van der Waals surface area contributed by atoms with E-state index < -0.39 is 0 Å². The summed E-state index contributed by atoms with van der Waals surface area (Å²) in [6.07, 6.45) is 2.24. The third-order valence-electron chi connectivity index (χ3n) is 2.01. The Hall–Kier alpha value is -0.610. The molecule has 14 heavy (non-hydrogen) atoms. The van der Waals surface area contributed by atoms with Crippen LogP contribution in [0.15, 0.2) is 0 Å².